The molecule has 0 spiro atoms. The fourth-order valence-corrected chi connectivity index (χ4v) is 0. The van der Waals surface area contributed by atoms with E-state index in [4.69, 9.17) is 22.8 Å². The number of halogens is 59. The van der Waals surface area contributed by atoms with Crippen LogP contribution < -0.4 is 141 Å². The first kappa shape index (κ1) is 497. The van der Waals surface area contributed by atoms with Gasteiger partial charge in [-0.1, -0.05) is 149 Å². The van der Waals surface area contributed by atoms with Gasteiger partial charge in [0.2, 0.25) is 0 Å². The Balaban J connectivity index is -0.00000000459. The van der Waals surface area contributed by atoms with Crippen LogP contribution in [0.1, 0.15) is 14.9 Å². The first-order chi connectivity index (χ1) is 34.2. The molecule has 0 rings (SSSR count). The highest BCUT2D eigenvalue weighted by molar-refractivity contribution is 7.41. The van der Waals surface area contributed by atoms with E-state index in [1.54, 1.807) is 0 Å². The van der Waals surface area contributed by atoms with Crippen LogP contribution in [0.15, 0.2) is 0 Å². The van der Waals surface area contributed by atoms with Crippen LogP contribution in [-0.2, 0) is 0 Å². The Morgan fingerprint density at radius 3 is 0.108 bits per heavy atom. The summed E-state index contributed by atoms with van der Waals surface area (Å²) < 4.78 is 560. The second kappa shape index (κ2) is 535. The third-order valence-corrected chi connectivity index (χ3v) is 0. The van der Waals surface area contributed by atoms with Gasteiger partial charge in [-0.15, -0.1) is 4.48 Å². The van der Waals surface area contributed by atoms with Crippen LogP contribution in [0, 0.1) is 0 Å². The van der Waals surface area contributed by atoms with Gasteiger partial charge in [0.25, 0.3) is 0 Å². The normalized spacial score (nSPS) is 5.55. The molecule has 118 heteroatoms. The lowest BCUT2D eigenvalue weighted by atomic mass is 12.0. The van der Waals surface area contributed by atoms with Gasteiger partial charge in [-0.25, -0.2) is 0 Å². The number of hydrogen-bond acceptors (Lipinski definition) is 33. The molecule has 0 saturated heterocycles. The van der Waals surface area contributed by atoms with Crippen molar-refractivity contribution in [3.8, 4) is 0 Å². The van der Waals surface area contributed by atoms with Crippen molar-refractivity contribution in [2.75, 3.05) is 0 Å². The van der Waals surface area contributed by atoms with Gasteiger partial charge in [0.05, 0.1) is 0 Å². The highest BCUT2D eigenvalue weighted by Crippen LogP contribution is 2.42. The van der Waals surface area contributed by atoms with E-state index in [0.717, 1.165) is 0 Å². The molecule has 0 aliphatic heterocycles. The maximum absolute atomic E-state index is 9.73. The van der Waals surface area contributed by atoms with Crippen molar-refractivity contribution in [3.05, 3.63) is 0 Å². The van der Waals surface area contributed by atoms with E-state index in [1.807, 2.05) is 0 Å². The topological polar surface area (TPSA) is 828 Å². The Kier molecular flexibility index (Phi) is 2220. The molecule has 0 aliphatic carbocycles. The molecule has 0 heterocycles. The molecule has 68 N–H and O–H groups in total. The number of hydrogen-bond donors (Lipinski definition) is 23. The number of nitrogens with two attached hydrogens (primary N) is 1. The summed E-state index contributed by atoms with van der Waals surface area (Å²) in [6, 6.07) is 0. The van der Waals surface area contributed by atoms with Gasteiger partial charge >= 0.3 is 70.8 Å². The predicted octanol–water partition coefficient (Wildman–Crippen LogP) is 33.8. The van der Waals surface area contributed by atoms with Gasteiger partial charge in [-0.05, 0) is 0 Å². The average molecular weight is 2540 g/mol. The van der Waals surface area contributed by atoms with Gasteiger partial charge < -0.3 is 135 Å². The fourth-order valence-electron chi connectivity index (χ4n) is 0. The SMILES string of the molecule is C.C.FF.FF.FN(F)F.FN(F)F.FN(F)F.FN(F)F.FN(F)F.FN(F)F.FN(F)F.FN(F)F.FN(F)F.FN(F)F.FP(F)F.FP(F)F.FP(F)F.FP(F)F.FP(F)F.FP(F)F.FP(F)F.FP(F)F.N.N.N.N.N.N.N.N.N.N.N.N.N.N.N.N.N.N.N.N.N.N.NF.P.P.P.P.P.P.P.P.P.P.P.P.P.P.P.P.P.P. The zero-order chi connectivity index (χ0) is 70.4. The quantitative estimate of drug-likeness (QED) is 0.0608. The molecular formula is C2H130F59N33P26. The van der Waals surface area contributed by atoms with Crippen LogP contribution in [0.3, 0.4) is 0 Å². The maximum atomic E-state index is 9.73. The minimum atomic E-state index is -4.12. The second-order valence-electron chi connectivity index (χ2n) is 3.45. The Bertz CT molecular complexity index is 502. The zero-order valence-electron chi connectivity index (χ0n) is 59.2. The van der Waals surface area contributed by atoms with E-state index in [9.17, 15) is 235 Å². The fraction of sp³-hybridized carbons (Fsp3) is 1.00. The zero-order valence-corrected chi connectivity index (χ0v) is 91.8. The molecular weight excluding hydrogens is 2410 g/mol. The molecule has 120 heavy (non-hydrogen) atoms. The average Bonchev–Trinajstić information content (AvgIpc) is 3.06. The first-order valence-electron chi connectivity index (χ1n) is 9.63. The van der Waals surface area contributed by atoms with Crippen LogP contribution in [0.25, 0.3) is 0 Å². The first-order valence-corrected chi connectivity index (χ1v) is 17.7. The molecule has 33 nitrogen and oxygen atoms in total. The van der Waals surface area contributed by atoms with Crippen molar-refractivity contribution in [1.82, 2.24) is 191 Å². The van der Waals surface area contributed by atoms with Gasteiger partial charge in [0.15, 0.2) is 55.7 Å². The summed E-state index contributed by atoms with van der Waals surface area (Å²) in [5.41, 5.74) is -25.0. The monoisotopic (exact) mass is 2540 g/mol. The predicted molar refractivity (Wildman–Crippen MR) is 467 cm³/mol. The van der Waals surface area contributed by atoms with Crippen LogP contribution in [0.4, 0.5) is 258 Å². The third-order valence-electron chi connectivity index (χ3n) is 0. The molecule has 0 aromatic heterocycles. The standard InChI is InChI=1S/2CH4.10F3N.8F3P.2F2.FH2N.22H3N.18H3P/c;;18*1-4(2)3;3*1-2;;;;;;;;;;;;;;;;;;;;;;;;;;;;;;;;;;;;;;;;/h2*1H4;;;;;;;;;;;;;;;;;;;;;2H2;40*1H3. The number of nitrogens with zero attached hydrogens (tertiary/aromatic N) is 10. The highest BCUT2D eigenvalue weighted by atomic mass is 31.2. The van der Waals surface area contributed by atoms with Crippen molar-refractivity contribution in [3.63, 3.8) is 0 Å². The molecule has 0 saturated carbocycles. The molecule has 0 fully saturated rings. The van der Waals surface area contributed by atoms with Crippen molar-refractivity contribution in [2.45, 2.75) is 14.9 Å². The maximum Gasteiger partial charge on any atom is 0.456 e. The van der Waals surface area contributed by atoms with Gasteiger partial charge in [0.1, 0.15) is 0 Å². The Morgan fingerprint density at radius 1 is 0.108 bits per heavy atom. The summed E-state index contributed by atoms with van der Waals surface area (Å²) >= 11 is 0. The van der Waals surface area contributed by atoms with E-state index in [-0.39, 0.29) is 328 Å². The second-order valence-corrected chi connectivity index (χ2v) is 6.52. The van der Waals surface area contributed by atoms with Gasteiger partial charge in [-0.3, -0.25) is 0 Å². The van der Waals surface area contributed by atoms with Crippen LogP contribution in [0.5, 0.6) is 0 Å². The van der Waals surface area contributed by atoms with Crippen LogP contribution in [-0.4, -0.2) is 55.7 Å². The molecule has 0 radical (unpaired) electrons. The number of rotatable bonds is 0. The minimum absolute atomic E-state index is 0. The molecule has 846 valence electrons. The van der Waals surface area contributed by atoms with E-state index in [1.165, 1.54) is 0 Å². The van der Waals surface area contributed by atoms with Crippen molar-refractivity contribution < 1.29 is 258 Å². The van der Waals surface area contributed by atoms with E-state index < -0.39 is 126 Å². The highest BCUT2D eigenvalue weighted by Gasteiger charge is 1.95. The van der Waals surface area contributed by atoms with Gasteiger partial charge in [-0.2, -0.15) is 285 Å². The van der Waals surface area contributed by atoms with E-state index in [0.29, 0.717) is 0 Å². The lowest BCUT2D eigenvalue weighted by Crippen LogP contribution is -1.72. The lowest BCUT2D eigenvalue weighted by molar-refractivity contribution is -0.296. The summed E-state index contributed by atoms with van der Waals surface area (Å²) in [7, 11) is -33.0. The third kappa shape index (κ3) is 56800. The minimum Gasteiger partial charge on any atom is -0.344 e. The largest absolute Gasteiger partial charge is 0.456 e. The van der Waals surface area contributed by atoms with E-state index >= 15 is 0 Å². The molecule has 18 atom stereocenters. The van der Waals surface area contributed by atoms with Gasteiger partial charge in [0, 0.05) is 18.3 Å². The summed E-state index contributed by atoms with van der Waals surface area (Å²) in [5, 5.41) is 0. The Morgan fingerprint density at radius 2 is 0.108 bits per heavy atom. The lowest BCUT2D eigenvalue weighted by Gasteiger charge is -1.67. The molecule has 0 aromatic carbocycles. The van der Waals surface area contributed by atoms with E-state index in [2.05, 4.69) is 5.96 Å². The Labute approximate surface area is 717 Å². The molecule has 0 aliphatic rings. The van der Waals surface area contributed by atoms with Crippen LogP contribution in [0.2, 0.25) is 0 Å². The summed E-state index contributed by atoms with van der Waals surface area (Å²) in [6.45, 7) is 0. The summed E-state index contributed by atoms with van der Waals surface area (Å²) in [5.74, 6) is 3.00. The van der Waals surface area contributed by atoms with Crippen molar-refractivity contribution >= 4 is 249 Å². The molecule has 0 aromatic rings. The summed E-state index contributed by atoms with van der Waals surface area (Å²) in [6.07, 6.45) is 0. The van der Waals surface area contributed by atoms with Crippen LogP contribution >= 0.6 is 249 Å². The van der Waals surface area contributed by atoms with Crippen molar-refractivity contribution in [2.24, 2.45) is 5.96 Å². The molecule has 18 unspecified atom stereocenters. The molecule has 0 amide bonds. The smallest absolute Gasteiger partial charge is 0.344 e. The molecule has 0 bridgehead atoms. The summed E-state index contributed by atoms with van der Waals surface area (Å²) in [4.78, 5) is 0. The van der Waals surface area contributed by atoms with Crippen molar-refractivity contribution in [1.29, 1.82) is 0 Å². The Hall–Kier alpha value is 5.73.